The smallest absolute Gasteiger partial charge is 0.271 e. The first-order valence-electron chi connectivity index (χ1n) is 4.99. The maximum Gasteiger partial charge on any atom is 0.271 e. The maximum absolute atomic E-state index is 11.8. The van der Waals surface area contributed by atoms with Crippen LogP contribution in [0.4, 0.5) is 5.69 Å². The summed E-state index contributed by atoms with van der Waals surface area (Å²) in [5, 5.41) is 18.8. The van der Waals surface area contributed by atoms with Crippen LogP contribution in [0.1, 0.15) is 38.2 Å². The Morgan fingerprint density at radius 1 is 1.50 bits per heavy atom. The van der Waals surface area contributed by atoms with Gasteiger partial charge in [-0.15, -0.1) is 0 Å². The third kappa shape index (κ3) is 2.33. The lowest BCUT2D eigenvalue weighted by Gasteiger charge is -2.37. The van der Waals surface area contributed by atoms with Crippen molar-refractivity contribution in [2.45, 2.75) is 38.8 Å². The minimum absolute atomic E-state index is 0.206. The number of nitrogens with two attached hydrogens (primary N) is 1. The third-order valence-electron chi connectivity index (χ3n) is 2.85. The van der Waals surface area contributed by atoms with Gasteiger partial charge in [0.2, 0.25) is 0 Å². The van der Waals surface area contributed by atoms with Crippen molar-refractivity contribution in [3.63, 3.8) is 0 Å². The molecule has 0 saturated carbocycles. The van der Waals surface area contributed by atoms with Crippen molar-refractivity contribution in [3.8, 4) is 0 Å². The fraction of sp³-hybridized carbons (Fsp3) is 0.600. The number of nitrogen functional groups attached to an aromatic ring is 1. The first kappa shape index (κ1) is 12.5. The zero-order valence-electron chi connectivity index (χ0n) is 9.96. The third-order valence-corrected chi connectivity index (χ3v) is 2.85. The number of aliphatic hydroxyl groups is 1. The molecule has 0 aliphatic heterocycles. The van der Waals surface area contributed by atoms with Crippen LogP contribution < -0.4 is 11.1 Å². The topological polar surface area (TPSA) is 104 Å². The quantitative estimate of drug-likeness (QED) is 0.594. The summed E-state index contributed by atoms with van der Waals surface area (Å²) in [6.45, 7) is 6.72. The molecule has 0 fully saturated rings. The highest BCUT2D eigenvalue weighted by Crippen LogP contribution is 2.21. The lowest BCUT2D eigenvalue weighted by Crippen LogP contribution is -2.57. The summed E-state index contributed by atoms with van der Waals surface area (Å²) in [5.74, 6) is -0.387. The van der Waals surface area contributed by atoms with E-state index in [-0.39, 0.29) is 17.3 Å². The lowest BCUT2D eigenvalue weighted by molar-refractivity contribution is -0.00300. The summed E-state index contributed by atoms with van der Waals surface area (Å²) in [4.78, 5) is 11.8. The van der Waals surface area contributed by atoms with E-state index < -0.39 is 11.1 Å². The van der Waals surface area contributed by atoms with E-state index in [1.807, 2.05) is 0 Å². The lowest BCUT2D eigenvalue weighted by atomic mass is 9.86. The Labute approximate surface area is 94.2 Å². The number of hydrogen-bond donors (Lipinski definition) is 4. The van der Waals surface area contributed by atoms with Crippen LogP contribution in [0.15, 0.2) is 6.20 Å². The second-order valence-corrected chi connectivity index (χ2v) is 4.84. The summed E-state index contributed by atoms with van der Waals surface area (Å²) in [6, 6.07) is 0. The van der Waals surface area contributed by atoms with Crippen molar-refractivity contribution >= 4 is 11.6 Å². The highest BCUT2D eigenvalue weighted by molar-refractivity contribution is 5.97. The second-order valence-electron chi connectivity index (χ2n) is 4.84. The standard InChI is InChI=1S/C10H18N4O2/c1-9(2,10(3,4)16)13-8(15)7-6(11)5-12-14-7/h5,16H,11H2,1-4H3,(H,12,14)(H,13,15). The minimum atomic E-state index is -1.04. The van der Waals surface area contributed by atoms with Gasteiger partial charge in [0.05, 0.1) is 23.0 Å². The molecule has 16 heavy (non-hydrogen) atoms. The largest absolute Gasteiger partial charge is 0.396 e. The van der Waals surface area contributed by atoms with Crippen LogP contribution in [0.2, 0.25) is 0 Å². The number of hydrogen-bond acceptors (Lipinski definition) is 4. The zero-order valence-corrected chi connectivity index (χ0v) is 9.96. The molecule has 0 unspecified atom stereocenters. The number of nitrogens with one attached hydrogen (secondary N) is 2. The van der Waals surface area contributed by atoms with Crippen LogP contribution in [-0.4, -0.2) is 32.4 Å². The van der Waals surface area contributed by atoms with Crippen LogP contribution in [0.3, 0.4) is 0 Å². The van der Waals surface area contributed by atoms with Gasteiger partial charge in [-0.2, -0.15) is 5.10 Å². The van der Waals surface area contributed by atoms with Gasteiger partial charge in [0, 0.05) is 0 Å². The van der Waals surface area contributed by atoms with Crippen LogP contribution in [-0.2, 0) is 0 Å². The molecule has 5 N–H and O–H groups in total. The number of anilines is 1. The molecule has 0 atom stereocenters. The molecular weight excluding hydrogens is 208 g/mol. The van der Waals surface area contributed by atoms with Crippen molar-refractivity contribution in [2.24, 2.45) is 0 Å². The molecule has 1 aromatic rings. The van der Waals surface area contributed by atoms with Crippen LogP contribution in [0, 0.1) is 0 Å². The molecule has 90 valence electrons. The molecule has 1 amide bonds. The number of aromatic nitrogens is 2. The van der Waals surface area contributed by atoms with E-state index in [0.717, 1.165) is 0 Å². The summed E-state index contributed by atoms with van der Waals surface area (Å²) in [6.07, 6.45) is 1.37. The van der Waals surface area contributed by atoms with E-state index in [4.69, 9.17) is 5.73 Å². The van der Waals surface area contributed by atoms with Gasteiger partial charge in [-0.1, -0.05) is 0 Å². The Kier molecular flexibility index (Phi) is 2.96. The minimum Gasteiger partial charge on any atom is -0.396 e. The molecule has 0 aromatic carbocycles. The normalized spacial score (nSPS) is 12.6. The first-order valence-corrected chi connectivity index (χ1v) is 4.99. The number of aromatic amines is 1. The van der Waals surface area contributed by atoms with Gasteiger partial charge in [-0.3, -0.25) is 9.89 Å². The Hall–Kier alpha value is -1.56. The summed E-state index contributed by atoms with van der Waals surface area (Å²) >= 11 is 0. The van der Waals surface area contributed by atoms with Crippen molar-refractivity contribution in [3.05, 3.63) is 11.9 Å². The van der Waals surface area contributed by atoms with Gasteiger partial charge in [0.25, 0.3) is 5.91 Å². The van der Waals surface area contributed by atoms with Crippen LogP contribution in [0.5, 0.6) is 0 Å². The summed E-state index contributed by atoms with van der Waals surface area (Å²) < 4.78 is 0. The van der Waals surface area contributed by atoms with Gasteiger partial charge in [0.1, 0.15) is 5.69 Å². The Morgan fingerprint density at radius 2 is 2.06 bits per heavy atom. The molecule has 0 bridgehead atoms. The summed E-state index contributed by atoms with van der Waals surface area (Å²) in [7, 11) is 0. The van der Waals surface area contributed by atoms with Crippen molar-refractivity contribution in [2.75, 3.05) is 5.73 Å². The van der Waals surface area contributed by atoms with Crippen LogP contribution >= 0.6 is 0 Å². The molecule has 0 radical (unpaired) electrons. The van der Waals surface area contributed by atoms with Gasteiger partial charge >= 0.3 is 0 Å². The van der Waals surface area contributed by atoms with Crippen molar-refractivity contribution in [1.82, 2.24) is 15.5 Å². The van der Waals surface area contributed by atoms with Gasteiger partial charge in [-0.25, -0.2) is 0 Å². The maximum atomic E-state index is 11.8. The molecule has 1 aromatic heterocycles. The highest BCUT2D eigenvalue weighted by Gasteiger charge is 2.37. The average molecular weight is 226 g/mol. The predicted octanol–water partition coefficient (Wildman–Crippen LogP) is 0.271. The average Bonchev–Trinajstić information content (AvgIpc) is 2.48. The van der Waals surface area contributed by atoms with Crippen LogP contribution in [0.25, 0.3) is 0 Å². The van der Waals surface area contributed by atoms with Crippen molar-refractivity contribution < 1.29 is 9.90 Å². The fourth-order valence-corrected chi connectivity index (χ4v) is 0.977. The number of carbonyl (C=O) groups excluding carboxylic acids is 1. The molecule has 0 saturated heterocycles. The molecule has 1 heterocycles. The number of nitrogens with zero attached hydrogens (tertiary/aromatic N) is 1. The molecule has 1 rings (SSSR count). The predicted molar refractivity (Wildman–Crippen MR) is 60.8 cm³/mol. The van der Waals surface area contributed by atoms with E-state index >= 15 is 0 Å². The van der Waals surface area contributed by atoms with E-state index in [0.29, 0.717) is 0 Å². The SMILES string of the molecule is CC(C)(O)C(C)(C)NC(=O)c1[nH]ncc1N. The first-order chi connectivity index (χ1) is 7.15. The van der Waals surface area contributed by atoms with E-state index in [1.54, 1.807) is 27.7 Å². The molecule has 0 spiro atoms. The number of amides is 1. The molecule has 0 aliphatic rings. The fourth-order valence-electron chi connectivity index (χ4n) is 0.977. The molecule has 6 heteroatoms. The van der Waals surface area contributed by atoms with E-state index in [1.165, 1.54) is 6.20 Å². The van der Waals surface area contributed by atoms with E-state index in [9.17, 15) is 9.90 Å². The number of H-pyrrole nitrogens is 1. The number of rotatable bonds is 3. The molecule has 6 nitrogen and oxygen atoms in total. The Bertz CT molecular complexity index is 390. The highest BCUT2D eigenvalue weighted by atomic mass is 16.3. The molecular formula is C10H18N4O2. The zero-order chi connectivity index (χ0) is 12.6. The van der Waals surface area contributed by atoms with Gasteiger partial charge < -0.3 is 16.2 Å². The summed E-state index contributed by atoms with van der Waals surface area (Å²) in [5.41, 5.74) is 4.22. The Morgan fingerprint density at radius 3 is 2.44 bits per heavy atom. The Balaban J connectivity index is 2.84. The van der Waals surface area contributed by atoms with E-state index in [2.05, 4.69) is 15.5 Å². The van der Waals surface area contributed by atoms with Gasteiger partial charge in [-0.05, 0) is 27.7 Å². The van der Waals surface area contributed by atoms with Gasteiger partial charge in [0.15, 0.2) is 0 Å². The number of carbonyl (C=O) groups is 1. The monoisotopic (exact) mass is 226 g/mol. The molecule has 0 aliphatic carbocycles. The van der Waals surface area contributed by atoms with Crippen molar-refractivity contribution in [1.29, 1.82) is 0 Å². The second kappa shape index (κ2) is 3.79.